The van der Waals surface area contributed by atoms with E-state index >= 15 is 0 Å². The second kappa shape index (κ2) is 11.9. The van der Waals surface area contributed by atoms with Crippen molar-refractivity contribution >= 4 is 17.4 Å². The van der Waals surface area contributed by atoms with E-state index in [2.05, 4.69) is 5.32 Å². The van der Waals surface area contributed by atoms with E-state index in [1.54, 1.807) is 24.1 Å². The van der Waals surface area contributed by atoms with Crippen molar-refractivity contribution < 1.29 is 40.3 Å². The lowest BCUT2D eigenvalue weighted by molar-refractivity contribution is -0.143. The number of hydrogen-bond donors (Lipinski definition) is 1. The molecule has 5 nitrogen and oxygen atoms in total. The van der Waals surface area contributed by atoms with Gasteiger partial charge in [-0.15, -0.1) is 0 Å². The van der Waals surface area contributed by atoms with Gasteiger partial charge in [0, 0.05) is 50.8 Å². The number of halogens is 7. The number of likely N-dealkylation sites (N-methyl/N-ethyl adjacent to an activating group) is 1. The number of benzene rings is 2. The second-order valence-electron chi connectivity index (χ2n) is 11.9. The van der Waals surface area contributed by atoms with Crippen molar-refractivity contribution in [3.05, 3.63) is 88.0 Å². The van der Waals surface area contributed by atoms with Crippen LogP contribution in [-0.4, -0.2) is 47.8 Å². The number of nitrogens with one attached hydrogen (secondary N) is 1. The lowest BCUT2D eigenvalue weighted by Gasteiger charge is -2.39. The molecule has 2 amide bonds. The van der Waals surface area contributed by atoms with Gasteiger partial charge in [-0.3, -0.25) is 9.59 Å². The van der Waals surface area contributed by atoms with Crippen molar-refractivity contribution in [1.29, 1.82) is 0 Å². The molecule has 2 unspecified atom stereocenters. The molecule has 44 heavy (non-hydrogen) atoms. The summed E-state index contributed by atoms with van der Waals surface area (Å²) in [5.74, 6) is -1.26. The van der Waals surface area contributed by atoms with Gasteiger partial charge < -0.3 is 15.1 Å². The van der Waals surface area contributed by atoms with Crippen molar-refractivity contribution in [3.8, 4) is 0 Å². The molecule has 2 heterocycles. The highest BCUT2D eigenvalue weighted by atomic mass is 19.4. The van der Waals surface area contributed by atoms with Gasteiger partial charge in [-0.25, -0.2) is 4.39 Å². The first kappa shape index (κ1) is 33.1. The molecule has 1 N–H and O–H groups in total. The lowest BCUT2D eigenvalue weighted by Crippen LogP contribution is -2.47. The zero-order valence-corrected chi connectivity index (χ0v) is 25.0. The van der Waals surface area contributed by atoms with Gasteiger partial charge in [-0.2, -0.15) is 26.3 Å². The molecule has 1 fully saturated rings. The fraction of sp³-hybridized carbons (Fsp3) is 0.438. The smallest absolute Gasteiger partial charge is 0.383 e. The molecule has 238 valence electrons. The SMILES string of the molecule is CC(=O)N1CCCC(C2C=C(c3ccc(F)cc3C)C(N(C)C(=O)C(C)(C)c3cc(C(F)(F)F)cc(C(F)(F)F)c3)=CN2)C1. The van der Waals surface area contributed by atoms with Crippen LogP contribution in [0, 0.1) is 18.7 Å². The Labute approximate surface area is 251 Å². The molecule has 2 atom stereocenters. The van der Waals surface area contributed by atoms with E-state index < -0.39 is 46.2 Å². The first-order chi connectivity index (χ1) is 20.3. The number of piperidine rings is 1. The van der Waals surface area contributed by atoms with Crippen LogP contribution in [0.25, 0.3) is 5.57 Å². The first-order valence-electron chi connectivity index (χ1n) is 14.1. The van der Waals surface area contributed by atoms with Crippen molar-refractivity contribution in [2.75, 3.05) is 20.1 Å². The molecule has 2 aliphatic heterocycles. The van der Waals surface area contributed by atoms with Gasteiger partial charge in [-0.05, 0) is 80.6 Å². The fourth-order valence-corrected chi connectivity index (χ4v) is 5.83. The van der Waals surface area contributed by atoms with Crippen LogP contribution in [0.3, 0.4) is 0 Å². The summed E-state index contributed by atoms with van der Waals surface area (Å²) < 4.78 is 95.7. The number of hydrogen-bond acceptors (Lipinski definition) is 3. The van der Waals surface area contributed by atoms with E-state index in [1.807, 2.05) is 6.08 Å². The molecule has 2 aliphatic rings. The number of likely N-dealkylation sites (tertiary alicyclic amines) is 1. The highest BCUT2D eigenvalue weighted by molar-refractivity contribution is 5.93. The minimum atomic E-state index is -5.07. The van der Waals surface area contributed by atoms with Crippen LogP contribution in [0.4, 0.5) is 30.7 Å². The predicted octanol–water partition coefficient (Wildman–Crippen LogP) is 7.06. The van der Waals surface area contributed by atoms with Gasteiger partial charge in [0.15, 0.2) is 0 Å². The van der Waals surface area contributed by atoms with Crippen LogP contribution < -0.4 is 5.32 Å². The van der Waals surface area contributed by atoms with Gasteiger partial charge >= 0.3 is 12.4 Å². The molecule has 0 spiro atoms. The Morgan fingerprint density at radius 1 is 0.955 bits per heavy atom. The van der Waals surface area contributed by atoms with E-state index in [-0.39, 0.29) is 23.9 Å². The van der Waals surface area contributed by atoms with Gasteiger partial charge in [0.25, 0.3) is 0 Å². The average Bonchev–Trinajstić information content (AvgIpc) is 2.95. The molecule has 2 aromatic carbocycles. The monoisotopic (exact) mass is 625 g/mol. The van der Waals surface area contributed by atoms with Crippen LogP contribution in [0.15, 0.2) is 54.4 Å². The minimum Gasteiger partial charge on any atom is -0.383 e. The Morgan fingerprint density at radius 2 is 1.55 bits per heavy atom. The summed E-state index contributed by atoms with van der Waals surface area (Å²) in [6, 6.07) is 5.04. The molecule has 0 saturated carbocycles. The fourth-order valence-electron chi connectivity index (χ4n) is 5.83. The third-order valence-corrected chi connectivity index (χ3v) is 8.43. The molecule has 2 aromatic rings. The minimum absolute atomic E-state index is 0.0181. The molecular formula is C32H34F7N3O2. The van der Waals surface area contributed by atoms with Crippen LogP contribution in [-0.2, 0) is 27.4 Å². The Morgan fingerprint density at radius 3 is 2.09 bits per heavy atom. The summed E-state index contributed by atoms with van der Waals surface area (Å²) in [5, 5.41) is 3.27. The molecule has 4 rings (SSSR count). The largest absolute Gasteiger partial charge is 0.416 e. The van der Waals surface area contributed by atoms with E-state index in [9.17, 15) is 40.3 Å². The van der Waals surface area contributed by atoms with Gasteiger partial charge in [0.1, 0.15) is 5.82 Å². The van der Waals surface area contributed by atoms with Crippen molar-refractivity contribution in [2.24, 2.45) is 5.92 Å². The van der Waals surface area contributed by atoms with Crippen LogP contribution in [0.5, 0.6) is 0 Å². The van der Waals surface area contributed by atoms with E-state index in [4.69, 9.17) is 0 Å². The number of nitrogens with zero attached hydrogens (tertiary/aromatic N) is 2. The summed E-state index contributed by atoms with van der Waals surface area (Å²) in [6.07, 6.45) is -5.07. The Hall–Kier alpha value is -3.83. The van der Waals surface area contributed by atoms with Crippen molar-refractivity contribution in [1.82, 2.24) is 15.1 Å². The predicted molar refractivity (Wildman–Crippen MR) is 151 cm³/mol. The van der Waals surface area contributed by atoms with Crippen LogP contribution >= 0.6 is 0 Å². The third kappa shape index (κ3) is 6.78. The lowest BCUT2D eigenvalue weighted by atomic mass is 9.80. The van der Waals surface area contributed by atoms with Crippen LogP contribution in [0.1, 0.15) is 61.4 Å². The molecule has 0 aliphatic carbocycles. The van der Waals surface area contributed by atoms with Gasteiger partial charge in [0.05, 0.1) is 22.2 Å². The average molecular weight is 626 g/mol. The Balaban J connectivity index is 1.75. The number of allylic oxidation sites excluding steroid dienone is 1. The Kier molecular flexibility index (Phi) is 8.97. The number of rotatable bonds is 5. The summed E-state index contributed by atoms with van der Waals surface area (Å²) in [7, 11) is 1.39. The number of carbonyl (C=O) groups is 2. The van der Waals surface area contributed by atoms with Gasteiger partial charge in [0.2, 0.25) is 11.8 Å². The molecule has 1 saturated heterocycles. The van der Waals surface area contributed by atoms with E-state index in [0.29, 0.717) is 47.6 Å². The quantitative estimate of drug-likeness (QED) is 0.362. The highest BCUT2D eigenvalue weighted by Gasteiger charge is 2.42. The maximum Gasteiger partial charge on any atom is 0.416 e. The zero-order chi connectivity index (χ0) is 32.8. The second-order valence-corrected chi connectivity index (χ2v) is 11.9. The molecule has 12 heteroatoms. The number of carbonyl (C=O) groups excluding carboxylic acids is 2. The van der Waals surface area contributed by atoms with E-state index in [1.165, 1.54) is 44.9 Å². The normalized spacial score (nSPS) is 19.6. The Bertz CT molecular complexity index is 1480. The summed E-state index contributed by atoms with van der Waals surface area (Å²) in [4.78, 5) is 29.0. The number of dihydropyridines is 1. The maximum absolute atomic E-state index is 14.1. The number of aryl methyl sites for hydroxylation is 1. The highest BCUT2D eigenvalue weighted by Crippen LogP contribution is 2.41. The van der Waals surface area contributed by atoms with Crippen LogP contribution in [0.2, 0.25) is 0 Å². The summed E-state index contributed by atoms with van der Waals surface area (Å²) in [6.45, 7) is 6.88. The maximum atomic E-state index is 14.1. The number of alkyl halides is 6. The molecule has 0 aromatic heterocycles. The topological polar surface area (TPSA) is 52.7 Å². The molecule has 0 bridgehead atoms. The molecule has 0 radical (unpaired) electrons. The van der Waals surface area contributed by atoms with Crippen molar-refractivity contribution in [3.63, 3.8) is 0 Å². The standard InChI is InChI=1S/C32H34F7N3O2/c1-18-11-24(33)8-9-25(18)26-15-27(20-7-6-10-42(17-20)19(2)43)40-16-28(26)41(5)29(44)30(3,4)21-12-22(31(34,35)36)14-23(13-21)32(37,38)39/h8-9,11-16,20,27,40H,6-7,10,17H2,1-5H3. The zero-order valence-electron chi connectivity index (χ0n) is 25.0. The third-order valence-electron chi connectivity index (χ3n) is 8.43. The number of amides is 2. The summed E-state index contributed by atoms with van der Waals surface area (Å²) >= 11 is 0. The first-order valence-corrected chi connectivity index (χ1v) is 14.1. The van der Waals surface area contributed by atoms with Gasteiger partial charge in [-0.1, -0.05) is 12.1 Å². The molecular weight excluding hydrogens is 591 g/mol. The van der Waals surface area contributed by atoms with Crippen molar-refractivity contribution in [2.45, 2.75) is 64.3 Å². The summed E-state index contributed by atoms with van der Waals surface area (Å²) in [5.41, 5.74) is -3.29. The van der Waals surface area contributed by atoms with E-state index in [0.717, 1.165) is 12.8 Å².